The van der Waals surface area contributed by atoms with Gasteiger partial charge in [-0.05, 0) is 38.1 Å². The van der Waals surface area contributed by atoms with Crippen molar-refractivity contribution in [2.45, 2.75) is 30.8 Å². The van der Waals surface area contributed by atoms with Gasteiger partial charge in [0.2, 0.25) is 10.0 Å². The summed E-state index contributed by atoms with van der Waals surface area (Å²) < 4.78 is 40.7. The average molecular weight is 394 g/mol. The van der Waals surface area contributed by atoms with Crippen LogP contribution in [0.3, 0.4) is 0 Å². The lowest BCUT2D eigenvalue weighted by molar-refractivity contribution is -0.139. The van der Waals surface area contributed by atoms with Gasteiger partial charge in [0.05, 0.1) is 4.90 Å². The Hall–Kier alpha value is -2.78. The van der Waals surface area contributed by atoms with Crippen LogP contribution < -0.4 is 10.0 Å². The molecule has 2 aromatic carbocycles. The van der Waals surface area contributed by atoms with Crippen molar-refractivity contribution in [3.05, 3.63) is 65.5 Å². The third-order valence-corrected chi connectivity index (χ3v) is 5.19. The van der Waals surface area contributed by atoms with Crippen LogP contribution in [0.2, 0.25) is 0 Å². The normalized spacial score (nSPS) is 12.6. The number of rotatable bonds is 7. The number of carboxylic acid groups (broad SMARTS) is 1. The van der Waals surface area contributed by atoms with E-state index >= 15 is 0 Å². The van der Waals surface area contributed by atoms with Crippen molar-refractivity contribution in [3.8, 4) is 0 Å². The molecule has 1 atom stereocenters. The highest BCUT2D eigenvalue weighted by Gasteiger charge is 2.26. The molecule has 0 aliphatic rings. The van der Waals surface area contributed by atoms with E-state index in [9.17, 15) is 27.5 Å². The number of carboxylic acids is 1. The van der Waals surface area contributed by atoms with E-state index in [1.54, 1.807) is 13.8 Å². The zero-order valence-corrected chi connectivity index (χ0v) is 15.5. The van der Waals surface area contributed by atoms with Crippen molar-refractivity contribution >= 4 is 21.9 Å². The molecule has 0 bridgehead atoms. The lowest BCUT2D eigenvalue weighted by atomic mass is 10.1. The van der Waals surface area contributed by atoms with E-state index in [1.165, 1.54) is 36.4 Å². The van der Waals surface area contributed by atoms with Gasteiger partial charge in [0.1, 0.15) is 5.82 Å². The minimum absolute atomic E-state index is 0.0655. The molecule has 0 aliphatic carbocycles. The van der Waals surface area contributed by atoms with Gasteiger partial charge in [0.15, 0.2) is 6.04 Å². The van der Waals surface area contributed by atoms with E-state index in [2.05, 4.69) is 10.0 Å². The van der Waals surface area contributed by atoms with Gasteiger partial charge >= 0.3 is 5.97 Å². The van der Waals surface area contributed by atoms with Gasteiger partial charge < -0.3 is 10.4 Å². The quantitative estimate of drug-likeness (QED) is 0.665. The fourth-order valence-corrected chi connectivity index (χ4v) is 3.68. The SMILES string of the molecule is CC(C)NS(=O)(=O)c1cccc(C(=O)N[C@H](C(=O)O)c2ccccc2F)c1. The Kier molecular flexibility index (Phi) is 6.29. The van der Waals surface area contributed by atoms with Crippen molar-refractivity contribution in [1.82, 2.24) is 10.0 Å². The van der Waals surface area contributed by atoms with Crippen molar-refractivity contribution < 1.29 is 27.5 Å². The molecule has 2 aromatic rings. The second-order valence-corrected chi connectivity index (χ2v) is 7.78. The Morgan fingerprint density at radius 3 is 2.33 bits per heavy atom. The van der Waals surface area contributed by atoms with E-state index in [0.29, 0.717) is 0 Å². The lowest BCUT2D eigenvalue weighted by Gasteiger charge is -2.16. The number of aliphatic carboxylic acids is 1. The van der Waals surface area contributed by atoms with Crippen LogP contribution >= 0.6 is 0 Å². The third kappa shape index (κ3) is 5.11. The van der Waals surface area contributed by atoms with Crippen LogP contribution in [0, 0.1) is 5.82 Å². The fraction of sp³-hybridized carbons (Fsp3) is 0.222. The van der Waals surface area contributed by atoms with Gasteiger partial charge in [-0.25, -0.2) is 22.3 Å². The van der Waals surface area contributed by atoms with Crippen LogP contribution in [0.15, 0.2) is 53.4 Å². The Labute approximate surface area is 156 Å². The first-order valence-corrected chi connectivity index (χ1v) is 9.50. The topological polar surface area (TPSA) is 113 Å². The number of carbonyl (C=O) groups is 2. The van der Waals surface area contributed by atoms with Gasteiger partial charge in [-0.3, -0.25) is 4.79 Å². The summed E-state index contributed by atoms with van der Waals surface area (Å²) in [6.07, 6.45) is 0. The molecule has 0 heterocycles. The summed E-state index contributed by atoms with van der Waals surface area (Å²) >= 11 is 0. The van der Waals surface area contributed by atoms with Gasteiger partial charge in [-0.15, -0.1) is 0 Å². The zero-order chi connectivity index (χ0) is 20.2. The summed E-state index contributed by atoms with van der Waals surface area (Å²) in [6.45, 7) is 3.31. The van der Waals surface area contributed by atoms with Gasteiger partial charge in [-0.1, -0.05) is 24.3 Å². The van der Waals surface area contributed by atoms with E-state index in [-0.39, 0.29) is 22.1 Å². The molecule has 0 spiro atoms. The summed E-state index contributed by atoms with van der Waals surface area (Å²) in [7, 11) is -3.83. The maximum Gasteiger partial charge on any atom is 0.331 e. The summed E-state index contributed by atoms with van der Waals surface area (Å²) in [5.41, 5.74) is -0.271. The predicted molar refractivity (Wildman–Crippen MR) is 96.1 cm³/mol. The van der Waals surface area contributed by atoms with E-state index < -0.39 is 33.8 Å². The van der Waals surface area contributed by atoms with E-state index in [1.807, 2.05) is 0 Å². The Morgan fingerprint density at radius 2 is 1.74 bits per heavy atom. The lowest BCUT2D eigenvalue weighted by Crippen LogP contribution is -2.34. The molecule has 9 heteroatoms. The number of hydrogen-bond donors (Lipinski definition) is 3. The molecule has 0 saturated carbocycles. The summed E-state index contributed by atoms with van der Waals surface area (Å²) in [5.74, 6) is -3.06. The molecular weight excluding hydrogens is 375 g/mol. The Balaban J connectivity index is 2.31. The number of carbonyl (C=O) groups excluding carboxylic acids is 1. The van der Waals surface area contributed by atoms with Crippen LogP contribution in [0.5, 0.6) is 0 Å². The van der Waals surface area contributed by atoms with Gasteiger partial charge in [-0.2, -0.15) is 0 Å². The first kappa shape index (κ1) is 20.5. The maximum absolute atomic E-state index is 13.9. The largest absolute Gasteiger partial charge is 0.479 e. The van der Waals surface area contributed by atoms with Crippen molar-refractivity contribution in [1.29, 1.82) is 0 Å². The molecule has 7 nitrogen and oxygen atoms in total. The number of amides is 1. The molecule has 1 amide bonds. The third-order valence-electron chi connectivity index (χ3n) is 3.54. The first-order valence-electron chi connectivity index (χ1n) is 8.02. The molecule has 0 aliphatic heterocycles. The molecular formula is C18H19FN2O5S. The summed E-state index contributed by atoms with van der Waals surface area (Å²) in [5, 5.41) is 11.6. The van der Waals surface area contributed by atoms with Crippen LogP contribution in [-0.2, 0) is 14.8 Å². The molecule has 0 fully saturated rings. The fourth-order valence-electron chi connectivity index (χ4n) is 2.38. The second-order valence-electron chi connectivity index (χ2n) is 6.07. The monoisotopic (exact) mass is 394 g/mol. The van der Waals surface area contributed by atoms with Gasteiger partial charge in [0, 0.05) is 17.2 Å². The average Bonchev–Trinajstić information content (AvgIpc) is 2.59. The molecule has 144 valence electrons. The standard InChI is InChI=1S/C18H19FN2O5S/c1-11(2)21-27(25,26)13-7-5-6-12(10-13)17(22)20-16(18(23)24)14-8-3-4-9-15(14)19/h3-11,16,21H,1-2H3,(H,20,22)(H,23,24)/t16-/m0/s1. The maximum atomic E-state index is 13.9. The Morgan fingerprint density at radius 1 is 1.07 bits per heavy atom. The molecule has 0 radical (unpaired) electrons. The first-order chi connectivity index (χ1) is 12.6. The molecule has 0 unspecified atom stereocenters. The van der Waals surface area contributed by atoms with Crippen molar-refractivity contribution in [2.75, 3.05) is 0 Å². The van der Waals surface area contributed by atoms with Crippen LogP contribution in [0.4, 0.5) is 4.39 Å². The number of benzene rings is 2. The Bertz CT molecular complexity index is 960. The molecule has 0 aromatic heterocycles. The number of halogens is 1. The molecule has 2 rings (SSSR count). The molecule has 3 N–H and O–H groups in total. The highest BCUT2D eigenvalue weighted by atomic mass is 32.2. The minimum Gasteiger partial charge on any atom is -0.479 e. The number of sulfonamides is 1. The number of nitrogens with one attached hydrogen (secondary N) is 2. The van der Waals surface area contributed by atoms with Crippen LogP contribution in [-0.4, -0.2) is 31.4 Å². The minimum atomic E-state index is -3.83. The molecule has 27 heavy (non-hydrogen) atoms. The highest BCUT2D eigenvalue weighted by Crippen LogP contribution is 2.19. The van der Waals surface area contributed by atoms with E-state index in [4.69, 9.17) is 0 Å². The van der Waals surface area contributed by atoms with Crippen molar-refractivity contribution in [3.63, 3.8) is 0 Å². The number of hydrogen-bond acceptors (Lipinski definition) is 4. The smallest absolute Gasteiger partial charge is 0.331 e. The van der Waals surface area contributed by atoms with Crippen LogP contribution in [0.25, 0.3) is 0 Å². The van der Waals surface area contributed by atoms with Crippen molar-refractivity contribution in [2.24, 2.45) is 0 Å². The van der Waals surface area contributed by atoms with Gasteiger partial charge in [0.25, 0.3) is 5.91 Å². The van der Waals surface area contributed by atoms with E-state index in [0.717, 1.165) is 12.1 Å². The summed E-state index contributed by atoms with van der Waals surface area (Å²) in [4.78, 5) is 23.8. The van der Waals surface area contributed by atoms with Crippen LogP contribution in [0.1, 0.15) is 35.8 Å². The molecule has 0 saturated heterocycles. The zero-order valence-electron chi connectivity index (χ0n) is 14.6. The summed E-state index contributed by atoms with van der Waals surface area (Å²) in [6, 6.07) is 8.36. The highest BCUT2D eigenvalue weighted by molar-refractivity contribution is 7.89. The predicted octanol–water partition coefficient (Wildman–Crippen LogP) is 2.07. The second kappa shape index (κ2) is 8.28.